The van der Waals surface area contributed by atoms with Crippen molar-refractivity contribution in [2.24, 2.45) is 5.92 Å². The molecule has 0 aliphatic carbocycles. The van der Waals surface area contributed by atoms with Crippen LogP contribution in [0.5, 0.6) is 0 Å². The van der Waals surface area contributed by atoms with Gasteiger partial charge in [-0.15, -0.1) is 0 Å². The topological polar surface area (TPSA) is 54.9 Å². The monoisotopic (exact) mass is 193 g/mol. The van der Waals surface area contributed by atoms with E-state index in [2.05, 4.69) is 15.3 Å². The van der Waals surface area contributed by atoms with Crippen LogP contribution in [0.2, 0.25) is 0 Å². The predicted octanol–water partition coefficient (Wildman–Crippen LogP) is 1.63. The summed E-state index contributed by atoms with van der Waals surface area (Å²) < 4.78 is 0. The Morgan fingerprint density at radius 1 is 1.50 bits per heavy atom. The van der Waals surface area contributed by atoms with Crippen LogP contribution in [-0.2, 0) is 11.2 Å². The van der Waals surface area contributed by atoms with Gasteiger partial charge in [0, 0.05) is 12.1 Å². The summed E-state index contributed by atoms with van der Waals surface area (Å²) in [6.07, 6.45) is 4.07. The van der Waals surface area contributed by atoms with Gasteiger partial charge in [-0.25, -0.2) is 4.98 Å². The highest BCUT2D eigenvalue weighted by Crippen LogP contribution is 2.04. The van der Waals surface area contributed by atoms with E-state index in [1.165, 1.54) is 0 Å². The first-order valence-corrected chi connectivity index (χ1v) is 4.75. The van der Waals surface area contributed by atoms with Gasteiger partial charge in [-0.05, 0) is 6.42 Å². The second-order valence-corrected chi connectivity index (χ2v) is 3.39. The van der Waals surface area contributed by atoms with Gasteiger partial charge < -0.3 is 5.32 Å². The van der Waals surface area contributed by atoms with Gasteiger partial charge in [-0.2, -0.15) is 0 Å². The number of hydrogen-bond acceptors (Lipinski definition) is 3. The van der Waals surface area contributed by atoms with Gasteiger partial charge in [0.2, 0.25) is 5.91 Å². The Hall–Kier alpha value is -1.45. The van der Waals surface area contributed by atoms with Gasteiger partial charge in [-0.1, -0.05) is 20.8 Å². The lowest BCUT2D eigenvalue weighted by atomic mass is 10.2. The van der Waals surface area contributed by atoms with Crippen LogP contribution in [0.15, 0.2) is 12.4 Å². The number of aryl methyl sites for hydroxylation is 1. The van der Waals surface area contributed by atoms with Gasteiger partial charge in [0.25, 0.3) is 0 Å². The van der Waals surface area contributed by atoms with Crippen molar-refractivity contribution < 1.29 is 4.79 Å². The molecule has 0 aliphatic rings. The number of hydrogen-bond donors (Lipinski definition) is 1. The Labute approximate surface area is 83.8 Å². The third kappa shape index (κ3) is 2.80. The molecule has 1 aromatic rings. The molecule has 1 rings (SSSR count). The predicted molar refractivity (Wildman–Crippen MR) is 54.9 cm³/mol. The minimum Gasteiger partial charge on any atom is -0.309 e. The molecule has 76 valence electrons. The van der Waals surface area contributed by atoms with Gasteiger partial charge in [0.15, 0.2) is 5.82 Å². The lowest BCUT2D eigenvalue weighted by Crippen LogP contribution is -2.18. The largest absolute Gasteiger partial charge is 0.309 e. The summed E-state index contributed by atoms with van der Waals surface area (Å²) in [6, 6.07) is 0. The molecule has 0 aliphatic heterocycles. The van der Waals surface area contributed by atoms with Gasteiger partial charge in [0.05, 0.1) is 11.9 Å². The normalized spacial score (nSPS) is 10.3. The quantitative estimate of drug-likeness (QED) is 0.793. The lowest BCUT2D eigenvalue weighted by Gasteiger charge is -2.06. The summed E-state index contributed by atoms with van der Waals surface area (Å²) in [5, 5.41) is 2.70. The van der Waals surface area contributed by atoms with Crippen molar-refractivity contribution in [2.75, 3.05) is 5.32 Å². The summed E-state index contributed by atoms with van der Waals surface area (Å²) in [5.74, 6) is 0.456. The second-order valence-electron chi connectivity index (χ2n) is 3.39. The Bertz CT molecular complexity index is 323. The van der Waals surface area contributed by atoms with Crippen molar-refractivity contribution in [1.29, 1.82) is 0 Å². The molecule has 1 N–H and O–H groups in total. The van der Waals surface area contributed by atoms with Crippen LogP contribution in [0.4, 0.5) is 5.82 Å². The fourth-order valence-corrected chi connectivity index (χ4v) is 0.907. The Morgan fingerprint density at radius 2 is 2.21 bits per heavy atom. The first-order valence-electron chi connectivity index (χ1n) is 4.75. The average molecular weight is 193 g/mol. The SMILES string of the molecule is CCc1cncc(NC(=O)C(C)C)n1. The van der Waals surface area contributed by atoms with E-state index >= 15 is 0 Å². The molecule has 0 spiro atoms. The van der Waals surface area contributed by atoms with Crippen LogP contribution < -0.4 is 5.32 Å². The third-order valence-corrected chi connectivity index (χ3v) is 1.82. The molecule has 0 saturated carbocycles. The number of carbonyl (C=O) groups is 1. The first kappa shape index (κ1) is 10.6. The number of amides is 1. The van der Waals surface area contributed by atoms with E-state index in [1.807, 2.05) is 20.8 Å². The van der Waals surface area contributed by atoms with Crippen LogP contribution in [-0.4, -0.2) is 15.9 Å². The minimum atomic E-state index is -0.0397. The number of nitrogens with one attached hydrogen (secondary N) is 1. The van der Waals surface area contributed by atoms with E-state index in [0.717, 1.165) is 12.1 Å². The molecule has 14 heavy (non-hydrogen) atoms. The van der Waals surface area contributed by atoms with Crippen molar-refractivity contribution in [3.05, 3.63) is 18.1 Å². The molecular weight excluding hydrogens is 178 g/mol. The average Bonchev–Trinajstić information content (AvgIpc) is 2.18. The smallest absolute Gasteiger partial charge is 0.228 e. The number of aromatic nitrogens is 2. The Balaban J connectivity index is 2.72. The molecule has 0 aromatic carbocycles. The molecule has 0 atom stereocenters. The maximum atomic E-state index is 11.3. The molecule has 0 saturated heterocycles. The highest BCUT2D eigenvalue weighted by atomic mass is 16.1. The highest BCUT2D eigenvalue weighted by molar-refractivity contribution is 5.90. The van der Waals surface area contributed by atoms with Gasteiger partial charge in [0.1, 0.15) is 0 Å². The van der Waals surface area contributed by atoms with E-state index in [4.69, 9.17) is 0 Å². The van der Waals surface area contributed by atoms with Crippen LogP contribution in [0.3, 0.4) is 0 Å². The lowest BCUT2D eigenvalue weighted by molar-refractivity contribution is -0.118. The number of anilines is 1. The van der Waals surface area contributed by atoms with Crippen molar-refractivity contribution in [3.8, 4) is 0 Å². The molecule has 0 unspecified atom stereocenters. The summed E-state index contributed by atoms with van der Waals surface area (Å²) in [5.41, 5.74) is 0.881. The first-order chi connectivity index (χ1) is 6.63. The highest BCUT2D eigenvalue weighted by Gasteiger charge is 2.07. The number of nitrogens with zero attached hydrogens (tertiary/aromatic N) is 2. The van der Waals surface area contributed by atoms with E-state index < -0.39 is 0 Å². The van der Waals surface area contributed by atoms with Gasteiger partial charge >= 0.3 is 0 Å². The molecule has 1 amide bonds. The third-order valence-electron chi connectivity index (χ3n) is 1.82. The molecular formula is C10H15N3O. The van der Waals surface area contributed by atoms with E-state index in [1.54, 1.807) is 12.4 Å². The summed E-state index contributed by atoms with van der Waals surface area (Å²) in [4.78, 5) is 19.5. The number of carbonyl (C=O) groups excluding carboxylic acids is 1. The molecule has 0 radical (unpaired) electrons. The zero-order valence-electron chi connectivity index (χ0n) is 8.74. The molecule has 1 aromatic heterocycles. The maximum absolute atomic E-state index is 11.3. The van der Waals surface area contributed by atoms with E-state index in [9.17, 15) is 4.79 Å². The zero-order valence-corrected chi connectivity index (χ0v) is 8.74. The maximum Gasteiger partial charge on any atom is 0.228 e. The Kier molecular flexibility index (Phi) is 3.56. The molecule has 0 fully saturated rings. The molecule has 1 heterocycles. The van der Waals surface area contributed by atoms with E-state index in [0.29, 0.717) is 5.82 Å². The molecule has 4 heteroatoms. The van der Waals surface area contributed by atoms with Crippen LogP contribution in [0.1, 0.15) is 26.5 Å². The van der Waals surface area contributed by atoms with Crippen LogP contribution >= 0.6 is 0 Å². The van der Waals surface area contributed by atoms with Crippen molar-refractivity contribution in [2.45, 2.75) is 27.2 Å². The molecule has 4 nitrogen and oxygen atoms in total. The van der Waals surface area contributed by atoms with Gasteiger partial charge in [-0.3, -0.25) is 9.78 Å². The van der Waals surface area contributed by atoms with E-state index in [-0.39, 0.29) is 11.8 Å². The van der Waals surface area contributed by atoms with Crippen molar-refractivity contribution >= 4 is 11.7 Å². The summed E-state index contributed by atoms with van der Waals surface area (Å²) >= 11 is 0. The van der Waals surface area contributed by atoms with Crippen molar-refractivity contribution in [1.82, 2.24) is 9.97 Å². The van der Waals surface area contributed by atoms with Crippen LogP contribution in [0, 0.1) is 5.92 Å². The molecule has 0 bridgehead atoms. The zero-order chi connectivity index (χ0) is 10.6. The fraction of sp³-hybridized carbons (Fsp3) is 0.500. The Morgan fingerprint density at radius 3 is 2.79 bits per heavy atom. The standard InChI is InChI=1S/C10H15N3O/c1-4-8-5-11-6-9(12-8)13-10(14)7(2)3/h5-7H,4H2,1-3H3,(H,12,13,14). The van der Waals surface area contributed by atoms with Crippen molar-refractivity contribution in [3.63, 3.8) is 0 Å². The van der Waals surface area contributed by atoms with Crippen LogP contribution in [0.25, 0.3) is 0 Å². The minimum absolute atomic E-state index is 0.0347. The number of rotatable bonds is 3. The summed E-state index contributed by atoms with van der Waals surface area (Å²) in [7, 11) is 0. The fourth-order valence-electron chi connectivity index (χ4n) is 0.907. The summed E-state index contributed by atoms with van der Waals surface area (Å²) in [6.45, 7) is 5.68. The second kappa shape index (κ2) is 4.69.